The fraction of sp³-hybridized carbons (Fsp3) is 0.636. The molecule has 0 radical (unpaired) electrons. The van der Waals surface area contributed by atoms with Gasteiger partial charge in [0.1, 0.15) is 18.0 Å². The van der Waals surface area contributed by atoms with Crippen molar-refractivity contribution in [2.24, 2.45) is 5.84 Å². The number of nitrogen functional groups attached to an aromatic ring is 1. The number of unbranched alkanes of at least 4 members (excludes halogenated alkanes) is 2. The van der Waals surface area contributed by atoms with Crippen LogP contribution >= 0.6 is 0 Å². The molecule has 0 bridgehead atoms. The second-order valence-electron chi connectivity index (χ2n) is 3.94. The highest BCUT2D eigenvalue weighted by Crippen LogP contribution is 2.20. The van der Waals surface area contributed by atoms with Crippen molar-refractivity contribution in [2.75, 3.05) is 23.9 Å². The lowest BCUT2D eigenvalue weighted by Gasteiger charge is -2.20. The first kappa shape index (κ1) is 12.7. The maximum atomic E-state index is 5.38. The van der Waals surface area contributed by atoms with E-state index >= 15 is 0 Å². The van der Waals surface area contributed by atoms with Gasteiger partial charge in [-0.2, -0.15) is 0 Å². The lowest BCUT2D eigenvalue weighted by molar-refractivity contribution is 0.700. The maximum Gasteiger partial charge on any atom is 0.148 e. The summed E-state index contributed by atoms with van der Waals surface area (Å²) in [5.74, 6) is 7.01. The van der Waals surface area contributed by atoms with Crippen molar-refractivity contribution in [3.8, 4) is 0 Å². The lowest BCUT2D eigenvalue weighted by Crippen LogP contribution is -2.22. The van der Waals surface area contributed by atoms with Crippen LogP contribution < -0.4 is 16.2 Å². The summed E-state index contributed by atoms with van der Waals surface area (Å²) in [4.78, 5) is 10.5. The van der Waals surface area contributed by atoms with E-state index in [0.717, 1.165) is 17.9 Å². The molecule has 0 aliphatic heterocycles. The summed E-state index contributed by atoms with van der Waals surface area (Å²) >= 11 is 0. The van der Waals surface area contributed by atoms with Crippen LogP contribution in [-0.4, -0.2) is 23.6 Å². The molecule has 1 rings (SSSR count). The highest BCUT2D eigenvalue weighted by molar-refractivity contribution is 5.56. The van der Waals surface area contributed by atoms with Crippen LogP contribution in [0.2, 0.25) is 0 Å². The third-order valence-electron chi connectivity index (χ3n) is 2.65. The molecule has 0 atom stereocenters. The fourth-order valence-electron chi connectivity index (χ4n) is 1.68. The monoisotopic (exact) mass is 223 g/mol. The van der Waals surface area contributed by atoms with E-state index in [1.807, 2.05) is 14.0 Å². The Morgan fingerprint density at radius 3 is 2.75 bits per heavy atom. The molecule has 0 aliphatic rings. The molecular formula is C11H21N5. The Labute approximate surface area is 97.0 Å². The number of nitrogens with one attached hydrogen (secondary N) is 1. The number of nitrogens with two attached hydrogens (primary N) is 1. The minimum atomic E-state index is 0.687. The molecule has 0 saturated heterocycles. The third kappa shape index (κ3) is 3.06. The summed E-state index contributed by atoms with van der Waals surface area (Å²) < 4.78 is 0. The largest absolute Gasteiger partial charge is 0.359 e. The van der Waals surface area contributed by atoms with Crippen molar-refractivity contribution >= 4 is 11.6 Å². The van der Waals surface area contributed by atoms with Crippen molar-refractivity contribution in [1.82, 2.24) is 9.97 Å². The van der Waals surface area contributed by atoms with Crippen LogP contribution in [0.4, 0.5) is 11.6 Å². The topological polar surface area (TPSA) is 67.1 Å². The lowest BCUT2D eigenvalue weighted by atomic mass is 10.2. The molecule has 0 amide bonds. The van der Waals surface area contributed by atoms with Gasteiger partial charge >= 0.3 is 0 Å². The first-order chi connectivity index (χ1) is 7.70. The predicted molar refractivity (Wildman–Crippen MR) is 67.4 cm³/mol. The van der Waals surface area contributed by atoms with Crippen LogP contribution in [0, 0.1) is 6.92 Å². The number of hydrazine groups is 1. The van der Waals surface area contributed by atoms with Crippen LogP contribution in [0.3, 0.4) is 0 Å². The summed E-state index contributed by atoms with van der Waals surface area (Å²) in [7, 11) is 2.05. The van der Waals surface area contributed by atoms with Crippen molar-refractivity contribution in [2.45, 2.75) is 33.1 Å². The van der Waals surface area contributed by atoms with Crippen molar-refractivity contribution in [3.05, 3.63) is 11.9 Å². The minimum Gasteiger partial charge on any atom is -0.359 e. The van der Waals surface area contributed by atoms with Gasteiger partial charge in [-0.3, -0.25) is 0 Å². The molecular weight excluding hydrogens is 202 g/mol. The summed E-state index contributed by atoms with van der Waals surface area (Å²) in [6, 6.07) is 0. The average Bonchev–Trinajstić information content (AvgIpc) is 2.29. The van der Waals surface area contributed by atoms with E-state index in [4.69, 9.17) is 5.84 Å². The first-order valence-corrected chi connectivity index (χ1v) is 5.70. The van der Waals surface area contributed by atoms with Crippen LogP contribution in [0.25, 0.3) is 0 Å². The number of anilines is 2. The molecule has 3 N–H and O–H groups in total. The van der Waals surface area contributed by atoms with Gasteiger partial charge in [-0.05, 0) is 13.3 Å². The SMILES string of the molecule is CCCCCN(C)c1ncnc(NN)c1C. The molecule has 1 aromatic rings. The fourth-order valence-corrected chi connectivity index (χ4v) is 1.68. The molecule has 0 aromatic carbocycles. The molecule has 16 heavy (non-hydrogen) atoms. The van der Waals surface area contributed by atoms with Gasteiger partial charge in [0.15, 0.2) is 0 Å². The van der Waals surface area contributed by atoms with E-state index < -0.39 is 0 Å². The molecule has 0 saturated carbocycles. The Morgan fingerprint density at radius 1 is 1.38 bits per heavy atom. The third-order valence-corrected chi connectivity index (χ3v) is 2.65. The summed E-state index contributed by atoms with van der Waals surface area (Å²) in [6.07, 6.45) is 5.19. The standard InChI is InChI=1S/C11H21N5/c1-4-5-6-7-16(3)11-9(2)10(15-12)13-8-14-11/h8H,4-7,12H2,1-3H3,(H,13,14,15). The van der Waals surface area contributed by atoms with Crippen LogP contribution in [0.1, 0.15) is 31.7 Å². The van der Waals surface area contributed by atoms with Gasteiger partial charge in [0.2, 0.25) is 0 Å². The zero-order valence-corrected chi connectivity index (χ0v) is 10.3. The normalized spacial score (nSPS) is 10.2. The Balaban J connectivity index is 2.71. The van der Waals surface area contributed by atoms with Gasteiger partial charge in [0.25, 0.3) is 0 Å². The van der Waals surface area contributed by atoms with Gasteiger partial charge in [0, 0.05) is 19.2 Å². The van der Waals surface area contributed by atoms with Gasteiger partial charge in [-0.25, -0.2) is 15.8 Å². The molecule has 1 heterocycles. The molecule has 5 nitrogen and oxygen atoms in total. The van der Waals surface area contributed by atoms with E-state index in [9.17, 15) is 0 Å². The van der Waals surface area contributed by atoms with Crippen molar-refractivity contribution in [3.63, 3.8) is 0 Å². The van der Waals surface area contributed by atoms with Gasteiger partial charge in [-0.15, -0.1) is 0 Å². The smallest absolute Gasteiger partial charge is 0.148 e. The second-order valence-corrected chi connectivity index (χ2v) is 3.94. The zero-order chi connectivity index (χ0) is 12.0. The average molecular weight is 223 g/mol. The van der Waals surface area contributed by atoms with Crippen molar-refractivity contribution in [1.29, 1.82) is 0 Å². The second kappa shape index (κ2) is 6.27. The maximum absolute atomic E-state index is 5.38. The van der Waals surface area contributed by atoms with E-state index in [2.05, 4.69) is 27.2 Å². The summed E-state index contributed by atoms with van der Waals surface area (Å²) in [5.41, 5.74) is 3.57. The molecule has 0 unspecified atom stereocenters. The Hall–Kier alpha value is -1.36. The molecule has 5 heteroatoms. The van der Waals surface area contributed by atoms with Crippen LogP contribution in [0.5, 0.6) is 0 Å². The summed E-state index contributed by atoms with van der Waals surface area (Å²) in [6.45, 7) is 5.18. The number of aromatic nitrogens is 2. The van der Waals surface area contributed by atoms with Crippen LogP contribution in [0.15, 0.2) is 6.33 Å². The highest BCUT2D eigenvalue weighted by atomic mass is 15.3. The first-order valence-electron chi connectivity index (χ1n) is 5.70. The molecule has 90 valence electrons. The van der Waals surface area contributed by atoms with Crippen molar-refractivity contribution < 1.29 is 0 Å². The van der Waals surface area contributed by atoms with E-state index in [0.29, 0.717) is 5.82 Å². The van der Waals surface area contributed by atoms with E-state index in [1.54, 1.807) is 0 Å². The Morgan fingerprint density at radius 2 is 2.12 bits per heavy atom. The van der Waals surface area contributed by atoms with Gasteiger partial charge in [0.05, 0.1) is 0 Å². The Bertz CT molecular complexity index is 326. The Kier molecular flexibility index (Phi) is 4.98. The number of hydrogen-bond acceptors (Lipinski definition) is 5. The summed E-state index contributed by atoms with van der Waals surface area (Å²) in [5, 5.41) is 0. The number of hydrogen-bond donors (Lipinski definition) is 2. The molecule has 0 aliphatic carbocycles. The van der Waals surface area contributed by atoms with E-state index in [-0.39, 0.29) is 0 Å². The van der Waals surface area contributed by atoms with Gasteiger partial charge < -0.3 is 10.3 Å². The zero-order valence-electron chi connectivity index (χ0n) is 10.3. The minimum absolute atomic E-state index is 0.687. The molecule has 0 spiro atoms. The number of rotatable bonds is 6. The van der Waals surface area contributed by atoms with Crippen LogP contribution in [-0.2, 0) is 0 Å². The van der Waals surface area contributed by atoms with Gasteiger partial charge in [-0.1, -0.05) is 19.8 Å². The highest BCUT2D eigenvalue weighted by Gasteiger charge is 2.09. The molecule has 1 aromatic heterocycles. The van der Waals surface area contributed by atoms with E-state index in [1.165, 1.54) is 25.6 Å². The quantitative estimate of drug-likeness (QED) is 0.436. The molecule has 0 fully saturated rings. The predicted octanol–water partition coefficient (Wildman–Crippen LogP) is 1.70. The number of nitrogens with zero attached hydrogens (tertiary/aromatic N) is 3.